The van der Waals surface area contributed by atoms with Gasteiger partial charge in [0.1, 0.15) is 5.82 Å². The van der Waals surface area contributed by atoms with Crippen molar-refractivity contribution in [3.05, 3.63) is 18.2 Å². The first-order valence-electron chi connectivity index (χ1n) is 7.79. The minimum Gasteiger partial charge on any atom is -0.349 e. The molecule has 0 unspecified atom stereocenters. The smallest absolute Gasteiger partial charge is 0.236 e. The van der Waals surface area contributed by atoms with Crippen LogP contribution in [0.15, 0.2) is 12.4 Å². The fourth-order valence-corrected chi connectivity index (χ4v) is 2.62. The van der Waals surface area contributed by atoms with Gasteiger partial charge in [0, 0.05) is 52.0 Å². The topological polar surface area (TPSA) is 64.3 Å². The predicted molar refractivity (Wildman–Crippen MR) is 83.1 cm³/mol. The Balaban J connectivity index is 1.55. The Labute approximate surface area is 126 Å². The van der Waals surface area contributed by atoms with Crippen molar-refractivity contribution in [1.29, 1.82) is 0 Å². The molecule has 1 saturated heterocycles. The minimum absolute atomic E-state index is 0.194. The molecule has 118 valence electrons. The lowest BCUT2D eigenvalue weighted by atomic mass is 10.0. The van der Waals surface area contributed by atoms with E-state index in [1.54, 1.807) is 11.1 Å². The monoisotopic (exact) mass is 293 g/mol. The van der Waals surface area contributed by atoms with Crippen molar-refractivity contribution >= 4 is 5.91 Å². The summed E-state index contributed by atoms with van der Waals surface area (Å²) in [5, 5.41) is 3.62. The lowest BCUT2D eigenvalue weighted by Gasteiger charge is -2.32. The summed E-state index contributed by atoms with van der Waals surface area (Å²) in [7, 11) is 3.63. The second-order valence-corrected chi connectivity index (χ2v) is 5.93. The lowest BCUT2D eigenvalue weighted by molar-refractivity contribution is -0.130. The number of amides is 1. The van der Waals surface area contributed by atoms with E-state index in [1.807, 2.05) is 20.3 Å². The molecule has 2 N–H and O–H groups in total. The van der Waals surface area contributed by atoms with Crippen molar-refractivity contribution in [3.63, 3.8) is 0 Å². The van der Waals surface area contributed by atoms with Crippen molar-refractivity contribution in [3.8, 4) is 0 Å². The van der Waals surface area contributed by atoms with Crippen LogP contribution in [0.2, 0.25) is 0 Å². The fourth-order valence-electron chi connectivity index (χ4n) is 2.62. The Morgan fingerprint density at radius 3 is 2.86 bits per heavy atom. The second-order valence-electron chi connectivity index (χ2n) is 5.93. The third kappa shape index (κ3) is 5.47. The Hall–Kier alpha value is -1.40. The molecule has 1 aliphatic rings. The van der Waals surface area contributed by atoms with E-state index in [1.165, 1.54) is 0 Å². The van der Waals surface area contributed by atoms with Gasteiger partial charge in [-0.25, -0.2) is 4.98 Å². The van der Waals surface area contributed by atoms with Gasteiger partial charge in [-0.2, -0.15) is 0 Å². The van der Waals surface area contributed by atoms with E-state index in [-0.39, 0.29) is 5.91 Å². The standard InChI is InChI=1S/C15H27N5O/c1-19(2)15(21)12-20-10-5-13(6-11-20)16-7-3-4-14-17-8-9-18-14/h8-9,13,16H,3-7,10-12H2,1-2H3,(H,17,18). The molecule has 2 rings (SSSR count). The Morgan fingerprint density at radius 1 is 1.48 bits per heavy atom. The van der Waals surface area contributed by atoms with Crippen LogP contribution in [0.4, 0.5) is 0 Å². The van der Waals surface area contributed by atoms with E-state index < -0.39 is 0 Å². The van der Waals surface area contributed by atoms with Gasteiger partial charge in [-0.05, 0) is 25.8 Å². The van der Waals surface area contributed by atoms with Crippen LogP contribution in [-0.4, -0.2) is 72.0 Å². The maximum Gasteiger partial charge on any atom is 0.236 e. The van der Waals surface area contributed by atoms with E-state index in [0.29, 0.717) is 12.6 Å². The van der Waals surface area contributed by atoms with Crippen LogP contribution < -0.4 is 5.32 Å². The first-order chi connectivity index (χ1) is 10.1. The molecule has 0 atom stereocenters. The summed E-state index contributed by atoms with van der Waals surface area (Å²) in [4.78, 5) is 22.9. The number of hydrogen-bond acceptors (Lipinski definition) is 4. The number of piperidine rings is 1. The quantitative estimate of drug-likeness (QED) is 0.718. The molecule has 6 nitrogen and oxygen atoms in total. The van der Waals surface area contributed by atoms with Crippen molar-refractivity contribution in [1.82, 2.24) is 25.1 Å². The number of rotatable bonds is 7. The molecular formula is C15H27N5O. The van der Waals surface area contributed by atoms with Crippen LogP contribution in [0, 0.1) is 0 Å². The third-order valence-electron chi connectivity index (χ3n) is 4.02. The predicted octanol–water partition coefficient (Wildman–Crippen LogP) is 0.485. The number of aromatic amines is 1. The number of aromatic nitrogens is 2. The molecule has 1 aromatic rings. The summed E-state index contributed by atoms with van der Waals surface area (Å²) in [5.74, 6) is 1.26. The maximum absolute atomic E-state index is 11.7. The minimum atomic E-state index is 0.194. The number of hydrogen-bond donors (Lipinski definition) is 2. The van der Waals surface area contributed by atoms with Crippen LogP contribution in [0.5, 0.6) is 0 Å². The molecule has 1 aliphatic heterocycles. The molecule has 1 amide bonds. The normalized spacial score (nSPS) is 17.0. The Kier molecular flexibility index (Phi) is 6.20. The molecule has 0 aliphatic carbocycles. The summed E-state index contributed by atoms with van der Waals surface area (Å²) < 4.78 is 0. The Morgan fingerprint density at radius 2 is 2.24 bits per heavy atom. The molecule has 2 heterocycles. The van der Waals surface area contributed by atoms with Gasteiger partial charge < -0.3 is 15.2 Å². The molecule has 0 aromatic carbocycles. The van der Waals surface area contributed by atoms with Crippen LogP contribution in [0.1, 0.15) is 25.1 Å². The number of nitrogens with zero attached hydrogens (tertiary/aromatic N) is 3. The highest BCUT2D eigenvalue weighted by Crippen LogP contribution is 2.10. The zero-order valence-electron chi connectivity index (χ0n) is 13.1. The van der Waals surface area contributed by atoms with Gasteiger partial charge in [-0.1, -0.05) is 0 Å². The number of aryl methyl sites for hydroxylation is 1. The molecule has 0 bridgehead atoms. The molecule has 0 spiro atoms. The average Bonchev–Trinajstić information content (AvgIpc) is 2.98. The molecular weight excluding hydrogens is 266 g/mol. The SMILES string of the molecule is CN(C)C(=O)CN1CCC(NCCCc2ncc[nH]2)CC1. The Bertz CT molecular complexity index is 410. The lowest BCUT2D eigenvalue weighted by Crippen LogP contribution is -2.46. The molecule has 1 aromatic heterocycles. The number of likely N-dealkylation sites (N-methyl/N-ethyl adjacent to an activating group) is 1. The van der Waals surface area contributed by atoms with E-state index >= 15 is 0 Å². The average molecular weight is 293 g/mol. The molecule has 1 fully saturated rings. The maximum atomic E-state index is 11.7. The summed E-state index contributed by atoms with van der Waals surface area (Å²) in [6, 6.07) is 0.590. The number of carbonyl (C=O) groups is 1. The van der Waals surface area contributed by atoms with Gasteiger partial charge in [0.25, 0.3) is 0 Å². The van der Waals surface area contributed by atoms with Gasteiger partial charge in [-0.15, -0.1) is 0 Å². The number of likely N-dealkylation sites (tertiary alicyclic amines) is 1. The van der Waals surface area contributed by atoms with Crippen LogP contribution in [-0.2, 0) is 11.2 Å². The van der Waals surface area contributed by atoms with Crippen molar-refractivity contribution in [2.45, 2.75) is 31.7 Å². The number of H-pyrrole nitrogens is 1. The van der Waals surface area contributed by atoms with E-state index in [2.05, 4.69) is 20.2 Å². The first-order valence-corrected chi connectivity index (χ1v) is 7.79. The largest absolute Gasteiger partial charge is 0.349 e. The van der Waals surface area contributed by atoms with Crippen molar-refractivity contribution in [2.24, 2.45) is 0 Å². The molecule has 21 heavy (non-hydrogen) atoms. The van der Waals surface area contributed by atoms with Crippen molar-refractivity contribution < 1.29 is 4.79 Å². The third-order valence-corrected chi connectivity index (χ3v) is 4.02. The van der Waals surface area contributed by atoms with Gasteiger partial charge >= 0.3 is 0 Å². The van der Waals surface area contributed by atoms with E-state index in [9.17, 15) is 4.79 Å². The van der Waals surface area contributed by atoms with Gasteiger partial charge in [0.15, 0.2) is 0 Å². The number of nitrogens with one attached hydrogen (secondary N) is 2. The molecule has 0 radical (unpaired) electrons. The van der Waals surface area contributed by atoms with E-state index in [0.717, 1.165) is 51.1 Å². The molecule has 0 saturated carbocycles. The summed E-state index contributed by atoms with van der Waals surface area (Å²) in [6.45, 7) is 3.60. The highest BCUT2D eigenvalue weighted by Gasteiger charge is 2.20. The van der Waals surface area contributed by atoms with Crippen LogP contribution >= 0.6 is 0 Å². The van der Waals surface area contributed by atoms with E-state index in [4.69, 9.17) is 0 Å². The number of carbonyl (C=O) groups excluding carboxylic acids is 1. The number of imidazole rings is 1. The van der Waals surface area contributed by atoms with Crippen molar-refractivity contribution in [2.75, 3.05) is 40.3 Å². The second kappa shape index (κ2) is 8.14. The zero-order chi connectivity index (χ0) is 15.1. The van der Waals surface area contributed by atoms with Gasteiger partial charge in [0.05, 0.1) is 6.54 Å². The summed E-state index contributed by atoms with van der Waals surface area (Å²) in [5.41, 5.74) is 0. The highest BCUT2D eigenvalue weighted by molar-refractivity contribution is 5.77. The fraction of sp³-hybridized carbons (Fsp3) is 0.733. The van der Waals surface area contributed by atoms with Gasteiger partial charge in [-0.3, -0.25) is 9.69 Å². The zero-order valence-corrected chi connectivity index (χ0v) is 13.1. The summed E-state index contributed by atoms with van der Waals surface area (Å²) >= 11 is 0. The summed E-state index contributed by atoms with van der Waals surface area (Å²) in [6.07, 6.45) is 8.02. The van der Waals surface area contributed by atoms with Gasteiger partial charge in [0.2, 0.25) is 5.91 Å². The highest BCUT2D eigenvalue weighted by atomic mass is 16.2. The first kappa shape index (κ1) is 16.0. The van der Waals surface area contributed by atoms with Crippen LogP contribution in [0.25, 0.3) is 0 Å². The molecule has 6 heteroatoms. The van der Waals surface area contributed by atoms with Crippen LogP contribution in [0.3, 0.4) is 0 Å².